The van der Waals surface area contributed by atoms with Gasteiger partial charge in [-0.25, -0.2) is 15.0 Å². The van der Waals surface area contributed by atoms with E-state index in [9.17, 15) is 0 Å². The molecular formula is C51H29N3O3. The van der Waals surface area contributed by atoms with Gasteiger partial charge in [0.2, 0.25) is 0 Å². The Kier molecular flexibility index (Phi) is 6.83. The predicted octanol–water partition coefficient (Wildman–Crippen LogP) is 13.9. The van der Waals surface area contributed by atoms with Crippen molar-refractivity contribution >= 4 is 65.8 Å². The van der Waals surface area contributed by atoms with E-state index >= 15 is 0 Å². The average Bonchev–Trinajstić information content (AvgIpc) is 3.98. The van der Waals surface area contributed by atoms with Crippen LogP contribution in [0, 0.1) is 0 Å². The predicted molar refractivity (Wildman–Crippen MR) is 229 cm³/mol. The van der Waals surface area contributed by atoms with Crippen molar-refractivity contribution in [2.45, 2.75) is 0 Å². The lowest BCUT2D eigenvalue weighted by Crippen LogP contribution is -2.00. The minimum absolute atomic E-state index is 0.546. The minimum atomic E-state index is 0.546. The van der Waals surface area contributed by atoms with Crippen LogP contribution in [0.3, 0.4) is 0 Å². The Bertz CT molecular complexity index is 3520. The van der Waals surface area contributed by atoms with Crippen molar-refractivity contribution in [1.82, 2.24) is 15.0 Å². The highest BCUT2D eigenvalue weighted by Crippen LogP contribution is 2.43. The van der Waals surface area contributed by atoms with Gasteiger partial charge in [0.05, 0.1) is 0 Å². The monoisotopic (exact) mass is 731 g/mol. The number of rotatable bonds is 5. The number of nitrogens with zero attached hydrogens (tertiary/aromatic N) is 3. The zero-order chi connectivity index (χ0) is 37.5. The molecule has 0 bridgehead atoms. The molecule has 0 aliphatic rings. The molecule has 266 valence electrons. The summed E-state index contributed by atoms with van der Waals surface area (Å²) < 4.78 is 19.5. The number of furan rings is 3. The summed E-state index contributed by atoms with van der Waals surface area (Å²) in [7, 11) is 0. The van der Waals surface area contributed by atoms with Gasteiger partial charge in [-0.2, -0.15) is 0 Å². The molecule has 4 aromatic heterocycles. The Hall–Kier alpha value is -7.83. The Morgan fingerprint density at radius 3 is 1.56 bits per heavy atom. The van der Waals surface area contributed by atoms with Crippen molar-refractivity contribution in [3.8, 4) is 56.4 Å². The highest BCUT2D eigenvalue weighted by molar-refractivity contribution is 6.17. The summed E-state index contributed by atoms with van der Waals surface area (Å²) in [5.74, 6) is 1.66. The molecule has 0 spiro atoms. The zero-order valence-corrected chi connectivity index (χ0v) is 30.3. The normalized spacial score (nSPS) is 11.9. The highest BCUT2D eigenvalue weighted by Gasteiger charge is 2.22. The van der Waals surface area contributed by atoms with Crippen LogP contribution in [0.25, 0.3) is 122 Å². The van der Waals surface area contributed by atoms with Gasteiger partial charge in [-0.15, -0.1) is 0 Å². The van der Waals surface area contributed by atoms with E-state index in [0.29, 0.717) is 17.5 Å². The maximum atomic E-state index is 6.76. The lowest BCUT2D eigenvalue weighted by molar-refractivity contribution is 0.665. The molecule has 0 amide bonds. The zero-order valence-electron chi connectivity index (χ0n) is 30.3. The summed E-state index contributed by atoms with van der Waals surface area (Å²) in [6.45, 7) is 0. The maximum Gasteiger partial charge on any atom is 0.164 e. The van der Waals surface area contributed by atoms with Crippen LogP contribution in [0.4, 0.5) is 0 Å². The molecular weight excluding hydrogens is 703 g/mol. The summed E-state index contributed by atoms with van der Waals surface area (Å²) in [5, 5.41) is 6.17. The van der Waals surface area contributed by atoms with Crippen LogP contribution in [-0.2, 0) is 0 Å². The van der Waals surface area contributed by atoms with E-state index in [0.717, 1.165) is 105 Å². The first kappa shape index (κ1) is 31.5. The molecule has 0 unspecified atom stereocenters. The standard InChI is InChI=1S/C51H29N3O3/c1-2-11-30(12-3-1)31-23-25-32(26-24-31)49-52-50(33-27-28-36-34-13-4-6-20-42(34)55-45(36)29-33)54-51(53-49)41-19-10-22-44-46(41)40-18-9-17-39(48(40)57-44)38-16-8-15-37-35-14-5-7-21-43(35)56-47(37)38/h1-29H. The molecule has 0 aliphatic heterocycles. The van der Waals surface area contributed by atoms with E-state index in [1.165, 1.54) is 0 Å². The van der Waals surface area contributed by atoms with Crippen molar-refractivity contribution in [1.29, 1.82) is 0 Å². The smallest absolute Gasteiger partial charge is 0.164 e. The first-order chi connectivity index (χ1) is 28.2. The largest absolute Gasteiger partial charge is 0.456 e. The second kappa shape index (κ2) is 12.3. The van der Waals surface area contributed by atoms with E-state index in [-0.39, 0.29) is 0 Å². The number of hydrogen-bond acceptors (Lipinski definition) is 6. The third-order valence-electron chi connectivity index (χ3n) is 11.0. The van der Waals surface area contributed by atoms with Crippen LogP contribution >= 0.6 is 0 Å². The number of hydrogen-bond donors (Lipinski definition) is 0. The van der Waals surface area contributed by atoms with Crippen LogP contribution in [-0.4, -0.2) is 15.0 Å². The van der Waals surface area contributed by atoms with Crippen LogP contribution < -0.4 is 0 Å². The molecule has 12 aromatic rings. The fourth-order valence-corrected chi connectivity index (χ4v) is 8.27. The molecule has 0 aliphatic carbocycles. The van der Waals surface area contributed by atoms with Gasteiger partial charge in [-0.1, -0.05) is 146 Å². The molecule has 0 radical (unpaired) electrons. The van der Waals surface area contributed by atoms with E-state index in [1.54, 1.807) is 0 Å². The van der Waals surface area contributed by atoms with Gasteiger partial charge in [0.1, 0.15) is 33.5 Å². The third-order valence-corrected chi connectivity index (χ3v) is 11.0. The van der Waals surface area contributed by atoms with Gasteiger partial charge in [-0.3, -0.25) is 0 Å². The third kappa shape index (κ3) is 5.01. The van der Waals surface area contributed by atoms with Crippen LogP contribution in [0.5, 0.6) is 0 Å². The second-order valence-corrected chi connectivity index (χ2v) is 14.3. The second-order valence-electron chi connectivity index (χ2n) is 14.3. The number of fused-ring (bicyclic) bond motifs is 9. The molecule has 4 heterocycles. The van der Waals surface area contributed by atoms with Crippen molar-refractivity contribution in [2.24, 2.45) is 0 Å². The number of benzene rings is 8. The van der Waals surface area contributed by atoms with Crippen molar-refractivity contribution in [3.63, 3.8) is 0 Å². The minimum Gasteiger partial charge on any atom is -0.456 e. The van der Waals surface area contributed by atoms with E-state index in [1.807, 2.05) is 60.7 Å². The SMILES string of the molecule is c1ccc(-c2ccc(-c3nc(-c4ccc5c(c4)oc4ccccc45)nc(-c4cccc5oc6c(-c7cccc8c7oc7ccccc78)cccc6c45)n3)cc2)cc1. The van der Waals surface area contributed by atoms with E-state index < -0.39 is 0 Å². The Morgan fingerprint density at radius 1 is 0.281 bits per heavy atom. The quantitative estimate of drug-likeness (QED) is 0.175. The van der Waals surface area contributed by atoms with Crippen LogP contribution in [0.1, 0.15) is 0 Å². The van der Waals surface area contributed by atoms with Crippen LogP contribution in [0.15, 0.2) is 189 Å². The van der Waals surface area contributed by atoms with Crippen molar-refractivity contribution in [3.05, 3.63) is 176 Å². The van der Waals surface area contributed by atoms with Gasteiger partial charge in [0.15, 0.2) is 17.5 Å². The molecule has 0 N–H and O–H groups in total. The maximum absolute atomic E-state index is 6.76. The molecule has 12 rings (SSSR count). The topological polar surface area (TPSA) is 78.1 Å². The Morgan fingerprint density at radius 2 is 0.772 bits per heavy atom. The Balaban J connectivity index is 1.06. The molecule has 0 atom stereocenters. The number of para-hydroxylation sites is 4. The van der Waals surface area contributed by atoms with Crippen LogP contribution in [0.2, 0.25) is 0 Å². The lowest BCUT2D eigenvalue weighted by atomic mass is 9.98. The van der Waals surface area contributed by atoms with Gasteiger partial charge < -0.3 is 13.3 Å². The summed E-state index contributed by atoms with van der Waals surface area (Å²) in [5.41, 5.74) is 11.6. The number of aromatic nitrogens is 3. The van der Waals surface area contributed by atoms with E-state index in [2.05, 4.69) is 115 Å². The Labute approximate surface area is 325 Å². The summed E-state index contributed by atoms with van der Waals surface area (Å²) in [6.07, 6.45) is 0. The molecule has 6 nitrogen and oxygen atoms in total. The molecule has 0 saturated carbocycles. The molecule has 0 fully saturated rings. The molecule has 57 heavy (non-hydrogen) atoms. The fourth-order valence-electron chi connectivity index (χ4n) is 8.27. The summed E-state index contributed by atoms with van der Waals surface area (Å²) in [6, 6.07) is 59.8. The van der Waals surface area contributed by atoms with Crippen molar-refractivity contribution < 1.29 is 13.3 Å². The summed E-state index contributed by atoms with van der Waals surface area (Å²) >= 11 is 0. The van der Waals surface area contributed by atoms with E-state index in [4.69, 9.17) is 28.2 Å². The van der Waals surface area contributed by atoms with Gasteiger partial charge in [0, 0.05) is 60.1 Å². The van der Waals surface area contributed by atoms with Gasteiger partial charge in [0.25, 0.3) is 0 Å². The molecule has 6 heteroatoms. The average molecular weight is 732 g/mol. The fraction of sp³-hybridized carbons (Fsp3) is 0. The summed E-state index contributed by atoms with van der Waals surface area (Å²) in [4.78, 5) is 15.5. The van der Waals surface area contributed by atoms with Gasteiger partial charge >= 0.3 is 0 Å². The first-order valence-corrected chi connectivity index (χ1v) is 18.9. The van der Waals surface area contributed by atoms with Gasteiger partial charge in [-0.05, 0) is 41.5 Å². The molecule has 8 aromatic carbocycles. The first-order valence-electron chi connectivity index (χ1n) is 18.9. The highest BCUT2D eigenvalue weighted by atomic mass is 16.3. The van der Waals surface area contributed by atoms with Crippen molar-refractivity contribution in [2.75, 3.05) is 0 Å². The lowest BCUT2D eigenvalue weighted by Gasteiger charge is -2.10. The molecule has 0 saturated heterocycles.